The molecule has 0 spiro atoms. The Morgan fingerprint density at radius 3 is 2.13 bits per heavy atom. The highest BCUT2D eigenvalue weighted by Crippen LogP contribution is 2.51. The molecule has 3 aromatic carbocycles. The van der Waals surface area contributed by atoms with Gasteiger partial charge in [0.15, 0.2) is 0 Å². The normalized spacial score (nSPS) is 13.6. The van der Waals surface area contributed by atoms with E-state index in [1.807, 2.05) is 48.5 Å². The minimum absolute atomic E-state index is 0.00940. The van der Waals surface area contributed by atoms with Crippen molar-refractivity contribution in [3.05, 3.63) is 95.1 Å². The molecule has 0 saturated heterocycles. The maximum Gasteiger partial charge on any atom is 0.235 e. The SMILES string of the molecule is O=C(NCc1ccc(F)cc1F)C1(CCCCBr)c2ccccc2-c2ccccc21. The van der Waals surface area contributed by atoms with Crippen molar-refractivity contribution in [1.29, 1.82) is 0 Å². The topological polar surface area (TPSA) is 29.1 Å². The van der Waals surface area contributed by atoms with E-state index in [9.17, 15) is 13.6 Å². The molecular weight excluding hydrogens is 448 g/mol. The quantitative estimate of drug-likeness (QED) is 0.328. The fourth-order valence-electron chi connectivity index (χ4n) is 4.43. The van der Waals surface area contributed by atoms with Gasteiger partial charge in [-0.25, -0.2) is 8.78 Å². The second-order valence-corrected chi connectivity index (χ2v) is 8.35. The molecule has 0 atom stereocenters. The molecule has 2 nitrogen and oxygen atoms in total. The highest BCUT2D eigenvalue weighted by Gasteiger charge is 2.48. The molecule has 154 valence electrons. The molecule has 1 amide bonds. The Balaban J connectivity index is 1.73. The first kappa shape index (κ1) is 20.7. The zero-order chi connectivity index (χ0) is 21.1. The van der Waals surface area contributed by atoms with Gasteiger partial charge in [-0.3, -0.25) is 4.79 Å². The molecule has 0 radical (unpaired) electrons. The van der Waals surface area contributed by atoms with Gasteiger partial charge in [-0.2, -0.15) is 0 Å². The molecule has 0 aliphatic heterocycles. The van der Waals surface area contributed by atoms with Gasteiger partial charge in [-0.15, -0.1) is 0 Å². The smallest absolute Gasteiger partial charge is 0.235 e. The highest BCUT2D eigenvalue weighted by atomic mass is 79.9. The molecule has 0 aromatic heterocycles. The van der Waals surface area contributed by atoms with Gasteiger partial charge in [0.1, 0.15) is 17.0 Å². The Kier molecular flexibility index (Phi) is 6.00. The van der Waals surface area contributed by atoms with Crippen LogP contribution >= 0.6 is 15.9 Å². The van der Waals surface area contributed by atoms with Gasteiger partial charge in [0.05, 0.1) is 0 Å². The van der Waals surface area contributed by atoms with Crippen molar-refractivity contribution in [3.8, 4) is 11.1 Å². The minimum atomic E-state index is -0.828. The summed E-state index contributed by atoms with van der Waals surface area (Å²) in [5.74, 6) is -1.44. The predicted molar refractivity (Wildman–Crippen MR) is 119 cm³/mol. The fraction of sp³-hybridized carbons (Fsp3) is 0.240. The summed E-state index contributed by atoms with van der Waals surface area (Å²) in [5, 5.41) is 3.81. The highest BCUT2D eigenvalue weighted by molar-refractivity contribution is 9.09. The van der Waals surface area contributed by atoms with Crippen molar-refractivity contribution in [2.45, 2.75) is 31.2 Å². The van der Waals surface area contributed by atoms with Crippen molar-refractivity contribution >= 4 is 21.8 Å². The second kappa shape index (κ2) is 8.68. The molecule has 4 rings (SSSR count). The molecule has 0 heterocycles. The summed E-state index contributed by atoms with van der Waals surface area (Å²) < 4.78 is 27.3. The molecule has 0 fully saturated rings. The number of alkyl halides is 1. The third kappa shape index (κ3) is 3.56. The van der Waals surface area contributed by atoms with E-state index in [1.165, 1.54) is 12.1 Å². The van der Waals surface area contributed by atoms with Gasteiger partial charge in [-0.05, 0) is 41.2 Å². The average molecular weight is 470 g/mol. The lowest BCUT2D eigenvalue weighted by atomic mass is 9.73. The van der Waals surface area contributed by atoms with Gasteiger partial charge in [0.2, 0.25) is 5.91 Å². The molecular formula is C25H22BrF2NO. The maximum atomic E-state index is 14.1. The van der Waals surface area contributed by atoms with E-state index >= 15 is 0 Å². The number of amides is 1. The summed E-state index contributed by atoms with van der Waals surface area (Å²) in [6.45, 7) is 0.00940. The lowest BCUT2D eigenvalue weighted by molar-refractivity contribution is -0.125. The second-order valence-electron chi connectivity index (χ2n) is 7.56. The van der Waals surface area contributed by atoms with Crippen molar-refractivity contribution in [3.63, 3.8) is 0 Å². The van der Waals surface area contributed by atoms with Crippen molar-refractivity contribution < 1.29 is 13.6 Å². The number of rotatable bonds is 7. The lowest BCUT2D eigenvalue weighted by Gasteiger charge is -2.31. The number of unbranched alkanes of at least 4 members (excludes halogenated alkanes) is 1. The summed E-state index contributed by atoms with van der Waals surface area (Å²) in [7, 11) is 0. The Bertz CT molecular complexity index is 1040. The first-order chi connectivity index (χ1) is 14.6. The molecule has 0 saturated carbocycles. The van der Waals surface area contributed by atoms with Gasteiger partial charge < -0.3 is 5.32 Å². The summed E-state index contributed by atoms with van der Waals surface area (Å²) >= 11 is 3.48. The summed E-state index contributed by atoms with van der Waals surface area (Å²) in [5.41, 5.74) is 3.53. The fourth-order valence-corrected chi connectivity index (χ4v) is 4.83. The van der Waals surface area contributed by atoms with Crippen LogP contribution in [-0.2, 0) is 16.8 Å². The number of nitrogens with one attached hydrogen (secondary N) is 1. The number of hydrogen-bond acceptors (Lipinski definition) is 1. The van der Waals surface area contributed by atoms with Crippen LogP contribution in [0.5, 0.6) is 0 Å². The van der Waals surface area contributed by atoms with Gasteiger partial charge in [0.25, 0.3) is 0 Å². The molecule has 0 bridgehead atoms. The first-order valence-corrected chi connectivity index (χ1v) is 11.2. The van der Waals surface area contributed by atoms with Crippen molar-refractivity contribution in [2.24, 2.45) is 0 Å². The Morgan fingerprint density at radius 1 is 0.900 bits per heavy atom. The number of hydrogen-bond donors (Lipinski definition) is 1. The van der Waals surface area contributed by atoms with Crippen LogP contribution in [0.1, 0.15) is 36.0 Å². The monoisotopic (exact) mass is 469 g/mol. The molecule has 1 aliphatic rings. The Labute approximate surface area is 183 Å². The van der Waals surface area contributed by atoms with E-state index < -0.39 is 17.0 Å². The van der Waals surface area contributed by atoms with Gasteiger partial charge in [0, 0.05) is 23.5 Å². The number of carbonyl (C=O) groups is 1. The van der Waals surface area contributed by atoms with Gasteiger partial charge >= 0.3 is 0 Å². The van der Waals surface area contributed by atoms with Crippen LogP contribution in [0.2, 0.25) is 0 Å². The zero-order valence-electron chi connectivity index (χ0n) is 16.4. The van der Waals surface area contributed by atoms with Crippen LogP contribution in [0.25, 0.3) is 11.1 Å². The Hall–Kier alpha value is -2.53. The maximum absolute atomic E-state index is 14.1. The largest absolute Gasteiger partial charge is 0.351 e. The van der Waals surface area contributed by atoms with E-state index in [-0.39, 0.29) is 18.0 Å². The summed E-state index contributed by atoms with van der Waals surface area (Å²) in [4.78, 5) is 13.7. The van der Waals surface area contributed by atoms with E-state index in [0.29, 0.717) is 6.42 Å². The van der Waals surface area contributed by atoms with Crippen molar-refractivity contribution in [1.82, 2.24) is 5.32 Å². The zero-order valence-corrected chi connectivity index (χ0v) is 18.0. The molecule has 1 aliphatic carbocycles. The molecule has 1 N–H and O–H groups in total. The summed E-state index contributed by atoms with van der Waals surface area (Å²) in [6.07, 6.45) is 2.47. The van der Waals surface area contributed by atoms with Crippen LogP contribution in [-0.4, -0.2) is 11.2 Å². The number of benzene rings is 3. The molecule has 3 aromatic rings. The van der Waals surface area contributed by atoms with E-state index in [1.54, 1.807) is 0 Å². The number of carbonyl (C=O) groups excluding carboxylic acids is 1. The minimum Gasteiger partial charge on any atom is -0.351 e. The first-order valence-electron chi connectivity index (χ1n) is 10.1. The van der Waals surface area contributed by atoms with Crippen LogP contribution < -0.4 is 5.32 Å². The van der Waals surface area contributed by atoms with Crippen LogP contribution in [0.4, 0.5) is 8.78 Å². The van der Waals surface area contributed by atoms with E-state index in [4.69, 9.17) is 0 Å². The third-order valence-corrected chi connectivity index (χ3v) is 6.40. The van der Waals surface area contributed by atoms with Crippen LogP contribution in [0.15, 0.2) is 66.7 Å². The molecule has 30 heavy (non-hydrogen) atoms. The van der Waals surface area contributed by atoms with E-state index in [0.717, 1.165) is 46.5 Å². The van der Waals surface area contributed by atoms with Gasteiger partial charge in [-0.1, -0.05) is 76.9 Å². The van der Waals surface area contributed by atoms with E-state index in [2.05, 4.69) is 21.2 Å². The average Bonchev–Trinajstić information content (AvgIpc) is 3.04. The lowest BCUT2D eigenvalue weighted by Crippen LogP contribution is -2.44. The Morgan fingerprint density at radius 2 is 1.53 bits per heavy atom. The third-order valence-electron chi connectivity index (χ3n) is 5.84. The predicted octanol–water partition coefficient (Wildman–Crippen LogP) is 6.11. The summed E-state index contributed by atoms with van der Waals surface area (Å²) in [6, 6.07) is 19.4. The standard InChI is InChI=1S/C25H22BrF2NO/c26-14-6-5-13-25(24(30)29-16-17-11-12-18(27)15-23(17)28)21-9-3-1-7-19(21)20-8-2-4-10-22(20)25/h1-4,7-12,15H,5-6,13-14,16H2,(H,29,30). The molecule has 5 heteroatoms. The number of halogens is 3. The number of fused-ring (bicyclic) bond motifs is 3. The van der Waals surface area contributed by atoms with Crippen LogP contribution in [0, 0.1) is 11.6 Å². The van der Waals surface area contributed by atoms with Crippen LogP contribution in [0.3, 0.4) is 0 Å². The molecule has 0 unspecified atom stereocenters. The van der Waals surface area contributed by atoms with Crippen molar-refractivity contribution in [2.75, 3.05) is 5.33 Å².